The Bertz CT molecular complexity index is 1040. The van der Waals surface area contributed by atoms with E-state index in [0.29, 0.717) is 64.0 Å². The molecule has 216 valence electrons. The standard InChI is InChI=1S/C28H42N6O4.ClH/c1-19-21(9-10-24(29)31-19)18-30-26(36)28-17-22(28)8-5-11-34(28)25(35)23(16-20-6-3-2-4-7-20)32-27(37)33-12-14-38-15-13-33;/h9-10,20,22-23H,2-8,11-18H2,1H3,(H2,29,31)(H,30,36)(H,32,37);1H/t22-,23-,28+;/m1./s1. The quantitative estimate of drug-likeness (QED) is 0.468. The van der Waals surface area contributed by atoms with Crippen LogP contribution in [-0.2, 0) is 20.9 Å². The van der Waals surface area contributed by atoms with Gasteiger partial charge < -0.3 is 30.9 Å². The number of urea groups is 1. The maximum Gasteiger partial charge on any atom is 0.318 e. The van der Waals surface area contributed by atoms with Crippen LogP contribution in [0, 0.1) is 18.8 Å². The second-order valence-electron chi connectivity index (χ2n) is 11.5. The number of ether oxygens (including phenoxy) is 1. The maximum absolute atomic E-state index is 14.2. The third kappa shape index (κ3) is 6.43. The molecule has 5 rings (SSSR count). The van der Waals surface area contributed by atoms with Gasteiger partial charge in [0.15, 0.2) is 0 Å². The minimum absolute atomic E-state index is 0. The largest absolute Gasteiger partial charge is 0.384 e. The fourth-order valence-corrected chi connectivity index (χ4v) is 6.69. The summed E-state index contributed by atoms with van der Waals surface area (Å²) in [6.07, 6.45) is 8.85. The average molecular weight is 563 g/mol. The monoisotopic (exact) mass is 562 g/mol. The number of halogens is 1. The lowest BCUT2D eigenvalue weighted by Gasteiger charge is -2.39. The van der Waals surface area contributed by atoms with Gasteiger partial charge in [0.2, 0.25) is 11.8 Å². The van der Waals surface area contributed by atoms with Crippen LogP contribution in [-0.4, -0.2) is 77.1 Å². The molecular formula is C28H43ClN6O4. The molecule has 0 aromatic carbocycles. The lowest BCUT2D eigenvalue weighted by molar-refractivity contribution is -0.146. The van der Waals surface area contributed by atoms with Gasteiger partial charge >= 0.3 is 6.03 Å². The molecule has 4 amide bonds. The number of nitrogens with one attached hydrogen (secondary N) is 2. The zero-order chi connectivity index (χ0) is 26.7. The van der Waals surface area contributed by atoms with Crippen LogP contribution in [0.1, 0.15) is 69.0 Å². The average Bonchev–Trinajstić information content (AvgIpc) is 3.69. The van der Waals surface area contributed by atoms with Crippen LogP contribution in [0.3, 0.4) is 0 Å². The Labute approximate surface area is 237 Å². The van der Waals surface area contributed by atoms with E-state index in [0.717, 1.165) is 36.9 Å². The number of aryl methyl sites for hydroxylation is 1. The highest BCUT2D eigenvalue weighted by Gasteiger charge is 2.66. The van der Waals surface area contributed by atoms with Gasteiger partial charge in [0.05, 0.1) is 13.2 Å². The van der Waals surface area contributed by atoms with Crippen molar-refractivity contribution >= 4 is 36.1 Å². The molecule has 3 heterocycles. The van der Waals surface area contributed by atoms with E-state index in [9.17, 15) is 14.4 Å². The number of anilines is 1. The molecule has 1 aromatic heterocycles. The molecule has 0 bridgehead atoms. The SMILES string of the molecule is Cc1nc(N)ccc1CNC(=O)[C@]12C[C@H]1CCCN2C(=O)[C@@H](CC1CCCCC1)NC(=O)N1CCOCC1.Cl. The van der Waals surface area contributed by atoms with Crippen molar-refractivity contribution < 1.29 is 19.1 Å². The van der Waals surface area contributed by atoms with Crippen LogP contribution < -0.4 is 16.4 Å². The van der Waals surface area contributed by atoms with Gasteiger partial charge in [0.25, 0.3) is 0 Å². The molecule has 2 saturated carbocycles. The van der Waals surface area contributed by atoms with Gasteiger partial charge in [-0.1, -0.05) is 38.2 Å². The summed E-state index contributed by atoms with van der Waals surface area (Å²) in [6, 6.07) is 2.78. The molecule has 4 fully saturated rings. The normalized spacial score (nSPS) is 25.6. The molecule has 3 atom stereocenters. The number of carbonyl (C=O) groups excluding carboxylic acids is 3. The summed E-state index contributed by atoms with van der Waals surface area (Å²) in [4.78, 5) is 48.8. The Kier molecular flexibility index (Phi) is 9.59. The first kappa shape index (κ1) is 29.4. The van der Waals surface area contributed by atoms with E-state index in [2.05, 4.69) is 15.6 Å². The number of hydrogen-bond donors (Lipinski definition) is 3. The van der Waals surface area contributed by atoms with Crippen molar-refractivity contribution in [2.24, 2.45) is 11.8 Å². The molecule has 0 radical (unpaired) electrons. The third-order valence-electron chi connectivity index (χ3n) is 8.99. The summed E-state index contributed by atoms with van der Waals surface area (Å²) >= 11 is 0. The van der Waals surface area contributed by atoms with Crippen molar-refractivity contribution in [1.29, 1.82) is 0 Å². The third-order valence-corrected chi connectivity index (χ3v) is 8.99. The fraction of sp³-hybridized carbons (Fsp3) is 0.714. The highest BCUT2D eigenvalue weighted by Crippen LogP contribution is 2.54. The number of piperidine rings is 1. The number of amides is 4. The Morgan fingerprint density at radius 2 is 1.85 bits per heavy atom. The number of fused-ring (bicyclic) bond motifs is 1. The van der Waals surface area contributed by atoms with E-state index in [-0.39, 0.29) is 36.2 Å². The van der Waals surface area contributed by atoms with Crippen molar-refractivity contribution in [3.8, 4) is 0 Å². The van der Waals surface area contributed by atoms with E-state index < -0.39 is 11.6 Å². The smallest absolute Gasteiger partial charge is 0.318 e. The molecule has 2 saturated heterocycles. The number of rotatable bonds is 7. The summed E-state index contributed by atoms with van der Waals surface area (Å²) in [7, 11) is 0. The first-order valence-electron chi connectivity index (χ1n) is 14.3. The summed E-state index contributed by atoms with van der Waals surface area (Å²) in [5, 5.41) is 6.17. The van der Waals surface area contributed by atoms with Crippen LogP contribution in [0.25, 0.3) is 0 Å². The van der Waals surface area contributed by atoms with Crippen LogP contribution in [0.5, 0.6) is 0 Å². The molecule has 4 N–H and O–H groups in total. The lowest BCUT2D eigenvalue weighted by atomic mass is 9.84. The Morgan fingerprint density at radius 1 is 1.10 bits per heavy atom. The predicted octanol–water partition coefficient (Wildman–Crippen LogP) is 2.77. The molecule has 11 heteroatoms. The van der Waals surface area contributed by atoms with E-state index in [1.54, 1.807) is 15.9 Å². The summed E-state index contributed by atoms with van der Waals surface area (Å²) in [6.45, 7) is 4.82. The first-order valence-corrected chi connectivity index (χ1v) is 14.3. The molecular weight excluding hydrogens is 520 g/mol. The van der Waals surface area contributed by atoms with Crippen molar-refractivity contribution in [3.05, 3.63) is 23.4 Å². The van der Waals surface area contributed by atoms with E-state index >= 15 is 0 Å². The van der Waals surface area contributed by atoms with Crippen LogP contribution in [0.4, 0.5) is 10.6 Å². The number of carbonyl (C=O) groups is 3. The molecule has 1 aromatic rings. The minimum atomic E-state index is -0.820. The lowest BCUT2D eigenvalue weighted by Crippen LogP contribution is -2.61. The molecule has 0 unspecified atom stereocenters. The van der Waals surface area contributed by atoms with Crippen molar-refractivity contribution in [1.82, 2.24) is 25.4 Å². The maximum atomic E-state index is 14.2. The number of likely N-dealkylation sites (tertiary alicyclic amines) is 1. The zero-order valence-electron chi connectivity index (χ0n) is 23.0. The molecule has 2 aliphatic carbocycles. The highest BCUT2D eigenvalue weighted by atomic mass is 35.5. The Balaban J connectivity index is 0.00000353. The second kappa shape index (κ2) is 12.7. The summed E-state index contributed by atoms with van der Waals surface area (Å²) < 4.78 is 5.39. The zero-order valence-corrected chi connectivity index (χ0v) is 23.8. The Hall–Kier alpha value is -2.59. The van der Waals surface area contributed by atoms with Gasteiger partial charge in [-0.05, 0) is 56.1 Å². The summed E-state index contributed by atoms with van der Waals surface area (Å²) in [5.41, 5.74) is 6.64. The number of nitrogens with zero attached hydrogens (tertiary/aromatic N) is 3. The van der Waals surface area contributed by atoms with Gasteiger partial charge in [-0.2, -0.15) is 0 Å². The summed E-state index contributed by atoms with van der Waals surface area (Å²) in [5.74, 6) is 0.803. The van der Waals surface area contributed by atoms with Gasteiger partial charge in [0.1, 0.15) is 17.4 Å². The Morgan fingerprint density at radius 3 is 2.56 bits per heavy atom. The minimum Gasteiger partial charge on any atom is -0.384 e. The molecule has 0 spiro atoms. The number of nitrogens with two attached hydrogens (primary N) is 1. The number of aromatic nitrogens is 1. The fourth-order valence-electron chi connectivity index (χ4n) is 6.69. The first-order chi connectivity index (χ1) is 18.4. The molecule has 4 aliphatic rings. The van der Waals surface area contributed by atoms with Crippen LogP contribution in [0.2, 0.25) is 0 Å². The van der Waals surface area contributed by atoms with Crippen molar-refractivity contribution in [3.63, 3.8) is 0 Å². The van der Waals surface area contributed by atoms with E-state index in [1.165, 1.54) is 19.3 Å². The number of hydrogen-bond acceptors (Lipinski definition) is 6. The van der Waals surface area contributed by atoms with Crippen LogP contribution in [0.15, 0.2) is 12.1 Å². The van der Waals surface area contributed by atoms with Gasteiger partial charge in [-0.3, -0.25) is 9.59 Å². The highest BCUT2D eigenvalue weighted by molar-refractivity contribution is 5.97. The van der Waals surface area contributed by atoms with Crippen molar-refractivity contribution in [2.45, 2.75) is 82.8 Å². The van der Waals surface area contributed by atoms with Crippen molar-refractivity contribution in [2.75, 3.05) is 38.6 Å². The number of pyridine rings is 1. The second-order valence-corrected chi connectivity index (χ2v) is 11.5. The van der Waals surface area contributed by atoms with E-state index in [1.807, 2.05) is 13.0 Å². The van der Waals surface area contributed by atoms with Gasteiger partial charge in [-0.25, -0.2) is 9.78 Å². The number of nitrogen functional groups attached to an aromatic ring is 1. The van der Waals surface area contributed by atoms with Gasteiger partial charge in [0, 0.05) is 31.9 Å². The van der Waals surface area contributed by atoms with Crippen LogP contribution >= 0.6 is 12.4 Å². The molecule has 39 heavy (non-hydrogen) atoms. The van der Waals surface area contributed by atoms with Gasteiger partial charge in [-0.15, -0.1) is 12.4 Å². The number of morpholine rings is 1. The predicted molar refractivity (Wildman–Crippen MR) is 150 cm³/mol. The topological polar surface area (TPSA) is 130 Å². The molecule has 10 nitrogen and oxygen atoms in total. The van der Waals surface area contributed by atoms with E-state index in [4.69, 9.17) is 10.5 Å². The molecule has 2 aliphatic heterocycles.